The van der Waals surface area contributed by atoms with Gasteiger partial charge in [0.05, 0.1) is 5.52 Å². The average molecular weight is 194 g/mol. The van der Waals surface area contributed by atoms with Crippen molar-refractivity contribution in [1.29, 1.82) is 0 Å². The van der Waals surface area contributed by atoms with Crippen LogP contribution in [0.15, 0.2) is 35.6 Å². The topological polar surface area (TPSA) is 63.1 Å². The first kappa shape index (κ1) is 8.28. The smallest absolute Gasteiger partial charge is 0.247 e. The zero-order chi connectivity index (χ0) is 9.26. The molecule has 2 rings (SSSR count). The molecule has 13 heavy (non-hydrogen) atoms. The highest BCUT2D eigenvalue weighted by atomic mass is 32.2. The van der Waals surface area contributed by atoms with E-state index < -0.39 is 11.1 Å². The third-order valence-corrected chi connectivity index (χ3v) is 2.13. The Kier molecular flexibility index (Phi) is 2.03. The van der Waals surface area contributed by atoms with E-state index in [2.05, 4.69) is 9.97 Å². The summed E-state index contributed by atoms with van der Waals surface area (Å²) >= 11 is -2.11. The molecule has 0 saturated heterocycles. The largest absolute Gasteiger partial charge is 0.300 e. The number of hydrogen-bond acceptors (Lipinski definition) is 3. The van der Waals surface area contributed by atoms with Crippen molar-refractivity contribution in [3.63, 3.8) is 0 Å². The van der Waals surface area contributed by atoms with Gasteiger partial charge in [-0.25, -0.2) is 14.2 Å². The summed E-state index contributed by atoms with van der Waals surface area (Å²) in [6.45, 7) is 0. The molecule has 2 aromatic rings. The van der Waals surface area contributed by atoms with Crippen LogP contribution in [0.5, 0.6) is 0 Å². The first-order valence-corrected chi connectivity index (χ1v) is 4.71. The van der Waals surface area contributed by atoms with Crippen molar-refractivity contribution in [1.82, 2.24) is 9.97 Å². The van der Waals surface area contributed by atoms with Gasteiger partial charge in [-0.15, -0.1) is 0 Å². The Bertz CT molecular complexity index is 472. The molecule has 0 aliphatic heterocycles. The van der Waals surface area contributed by atoms with E-state index in [-0.39, 0.29) is 5.16 Å². The van der Waals surface area contributed by atoms with Crippen LogP contribution in [-0.4, -0.2) is 18.7 Å². The molecule has 1 heterocycles. The molecule has 0 aliphatic carbocycles. The lowest BCUT2D eigenvalue weighted by atomic mass is 10.2. The third kappa shape index (κ3) is 1.56. The summed E-state index contributed by atoms with van der Waals surface area (Å²) < 4.78 is 19.4. The Morgan fingerprint density at radius 3 is 2.85 bits per heavy atom. The van der Waals surface area contributed by atoms with Crippen molar-refractivity contribution in [3.8, 4) is 0 Å². The van der Waals surface area contributed by atoms with E-state index >= 15 is 0 Å². The Balaban J connectivity index is 2.69. The summed E-state index contributed by atoms with van der Waals surface area (Å²) in [4.78, 5) is 7.66. The van der Waals surface area contributed by atoms with Gasteiger partial charge in [-0.3, -0.25) is 4.55 Å². The molecule has 5 heteroatoms. The first-order valence-electron chi connectivity index (χ1n) is 3.60. The van der Waals surface area contributed by atoms with E-state index in [0.717, 1.165) is 5.39 Å². The Morgan fingerprint density at radius 1 is 1.31 bits per heavy atom. The molecule has 1 aromatic heterocycles. The molecule has 1 aromatic carbocycles. The lowest BCUT2D eigenvalue weighted by Gasteiger charge is -1.96. The molecular formula is C8H6N2O2S. The zero-order valence-corrected chi connectivity index (χ0v) is 7.36. The Hall–Kier alpha value is -1.33. The maximum absolute atomic E-state index is 10.6. The van der Waals surface area contributed by atoms with Gasteiger partial charge in [-0.1, -0.05) is 18.2 Å². The lowest BCUT2D eigenvalue weighted by Crippen LogP contribution is -1.96. The lowest BCUT2D eigenvalue weighted by molar-refractivity contribution is 0.555. The minimum Gasteiger partial charge on any atom is -0.300 e. The zero-order valence-electron chi connectivity index (χ0n) is 6.54. The molecule has 1 unspecified atom stereocenters. The van der Waals surface area contributed by atoms with Gasteiger partial charge >= 0.3 is 0 Å². The third-order valence-electron chi connectivity index (χ3n) is 1.62. The van der Waals surface area contributed by atoms with Crippen LogP contribution in [0, 0.1) is 0 Å². The number of hydrogen-bond donors (Lipinski definition) is 1. The number of aromatic nitrogens is 2. The van der Waals surface area contributed by atoms with Crippen molar-refractivity contribution >= 4 is 22.0 Å². The monoisotopic (exact) mass is 194 g/mol. The van der Waals surface area contributed by atoms with Gasteiger partial charge in [-0.05, 0) is 6.07 Å². The van der Waals surface area contributed by atoms with E-state index in [1.54, 1.807) is 6.07 Å². The summed E-state index contributed by atoms with van der Waals surface area (Å²) in [5, 5.41) is 0.801. The standard InChI is InChI=1S/C8H6N2O2S/c11-13(12)8-9-5-6-3-1-2-4-7(6)10-8/h1-5H,(H,11,12). The highest BCUT2D eigenvalue weighted by Crippen LogP contribution is 2.10. The number of rotatable bonds is 1. The molecule has 1 atom stereocenters. The molecule has 0 bridgehead atoms. The van der Waals surface area contributed by atoms with E-state index in [9.17, 15) is 4.21 Å². The van der Waals surface area contributed by atoms with Crippen LogP contribution >= 0.6 is 0 Å². The second-order valence-corrected chi connectivity index (χ2v) is 3.32. The molecule has 0 radical (unpaired) electrons. The normalized spacial score (nSPS) is 13.0. The molecule has 0 spiro atoms. The van der Waals surface area contributed by atoms with Crippen molar-refractivity contribution < 1.29 is 8.76 Å². The highest BCUT2D eigenvalue weighted by molar-refractivity contribution is 7.79. The van der Waals surface area contributed by atoms with Crippen molar-refractivity contribution in [3.05, 3.63) is 30.5 Å². The molecule has 0 fully saturated rings. The predicted molar refractivity (Wildman–Crippen MR) is 48.6 cm³/mol. The maximum Gasteiger partial charge on any atom is 0.247 e. The van der Waals surface area contributed by atoms with Gasteiger partial charge in [0.2, 0.25) is 16.2 Å². The second-order valence-electron chi connectivity index (χ2n) is 2.46. The van der Waals surface area contributed by atoms with E-state index in [0.29, 0.717) is 5.52 Å². The van der Waals surface area contributed by atoms with Crippen LogP contribution in [0.3, 0.4) is 0 Å². The van der Waals surface area contributed by atoms with E-state index in [1.807, 2.05) is 18.2 Å². The van der Waals surface area contributed by atoms with Gasteiger partial charge in [0.15, 0.2) is 0 Å². The molecule has 1 N–H and O–H groups in total. The Labute approximate surface area is 76.9 Å². The summed E-state index contributed by atoms with van der Waals surface area (Å²) in [6, 6.07) is 7.30. The van der Waals surface area contributed by atoms with Crippen LogP contribution in [-0.2, 0) is 11.1 Å². The van der Waals surface area contributed by atoms with E-state index in [1.165, 1.54) is 6.20 Å². The van der Waals surface area contributed by atoms with Crippen molar-refractivity contribution in [2.45, 2.75) is 5.16 Å². The van der Waals surface area contributed by atoms with Gasteiger partial charge in [0.25, 0.3) is 0 Å². The Morgan fingerprint density at radius 2 is 2.08 bits per heavy atom. The first-order chi connectivity index (χ1) is 6.27. The van der Waals surface area contributed by atoms with Crippen LogP contribution < -0.4 is 0 Å². The number of nitrogens with zero attached hydrogens (tertiary/aromatic N) is 2. The maximum atomic E-state index is 10.6. The molecule has 66 valence electrons. The molecule has 4 nitrogen and oxygen atoms in total. The van der Waals surface area contributed by atoms with Crippen molar-refractivity contribution in [2.24, 2.45) is 0 Å². The molecule has 0 aliphatic rings. The van der Waals surface area contributed by atoms with Gasteiger partial charge in [0, 0.05) is 11.6 Å². The summed E-state index contributed by atoms with van der Waals surface area (Å²) in [5.74, 6) is 0. The molecule has 0 saturated carbocycles. The average Bonchev–Trinajstić information content (AvgIpc) is 2.17. The molecule has 0 amide bonds. The summed E-state index contributed by atoms with van der Waals surface area (Å²) in [5.41, 5.74) is 0.676. The molecular weight excluding hydrogens is 188 g/mol. The fourth-order valence-corrected chi connectivity index (χ4v) is 1.36. The van der Waals surface area contributed by atoms with Crippen molar-refractivity contribution in [2.75, 3.05) is 0 Å². The quantitative estimate of drug-likeness (QED) is 0.547. The number of para-hydroxylation sites is 1. The van der Waals surface area contributed by atoms with Gasteiger partial charge in [-0.2, -0.15) is 0 Å². The van der Waals surface area contributed by atoms with Crippen LogP contribution in [0.25, 0.3) is 10.9 Å². The fourth-order valence-electron chi connectivity index (χ4n) is 1.04. The van der Waals surface area contributed by atoms with E-state index in [4.69, 9.17) is 4.55 Å². The minimum atomic E-state index is -2.11. The summed E-state index contributed by atoms with van der Waals surface area (Å²) in [7, 11) is 0. The highest BCUT2D eigenvalue weighted by Gasteiger charge is 2.03. The summed E-state index contributed by atoms with van der Waals surface area (Å²) in [6.07, 6.45) is 1.53. The fraction of sp³-hybridized carbons (Fsp3) is 0. The predicted octanol–water partition coefficient (Wildman–Crippen LogP) is 1.21. The van der Waals surface area contributed by atoms with Gasteiger partial charge < -0.3 is 0 Å². The van der Waals surface area contributed by atoms with Crippen LogP contribution in [0.4, 0.5) is 0 Å². The minimum absolute atomic E-state index is 0.0568. The number of fused-ring (bicyclic) bond motifs is 1. The van der Waals surface area contributed by atoms with Crippen LogP contribution in [0.1, 0.15) is 0 Å². The SMILES string of the molecule is O=S(O)c1ncc2ccccc2n1. The second kappa shape index (κ2) is 3.20. The van der Waals surface area contributed by atoms with Crippen LogP contribution in [0.2, 0.25) is 0 Å². The number of benzene rings is 1. The van der Waals surface area contributed by atoms with Gasteiger partial charge in [0.1, 0.15) is 0 Å².